The molecule has 3 rings (SSSR count). The van der Waals surface area contributed by atoms with Gasteiger partial charge >= 0.3 is 0 Å². The number of aromatic nitrogens is 2. The summed E-state index contributed by atoms with van der Waals surface area (Å²) in [5.41, 5.74) is 2.49. The van der Waals surface area contributed by atoms with Crippen LogP contribution in [0.15, 0.2) is 28.8 Å². The van der Waals surface area contributed by atoms with Crippen LogP contribution in [0.3, 0.4) is 0 Å². The average Bonchev–Trinajstić information content (AvgIpc) is 3.05. The Morgan fingerprint density at radius 2 is 2.16 bits per heavy atom. The van der Waals surface area contributed by atoms with Crippen molar-refractivity contribution in [3.8, 4) is 0 Å². The average molecular weight is 257 g/mol. The molecule has 4 heteroatoms. The lowest BCUT2D eigenvalue weighted by Crippen LogP contribution is -2.10. The molecule has 0 aliphatic carbocycles. The fourth-order valence-electron chi connectivity index (χ4n) is 2.47. The molecule has 1 fully saturated rings. The van der Waals surface area contributed by atoms with Gasteiger partial charge in [-0.05, 0) is 37.9 Å². The molecule has 100 valence electrons. The van der Waals surface area contributed by atoms with Gasteiger partial charge in [-0.15, -0.1) is 0 Å². The van der Waals surface area contributed by atoms with Gasteiger partial charge in [0.15, 0.2) is 5.82 Å². The van der Waals surface area contributed by atoms with Crippen molar-refractivity contribution < 1.29 is 4.52 Å². The van der Waals surface area contributed by atoms with Gasteiger partial charge in [-0.25, -0.2) is 0 Å². The Bertz CT molecular complexity index is 527. The van der Waals surface area contributed by atoms with Crippen molar-refractivity contribution in [1.29, 1.82) is 0 Å². The molecule has 1 aliphatic heterocycles. The number of hydrogen-bond donors (Lipinski definition) is 1. The van der Waals surface area contributed by atoms with Crippen LogP contribution in [-0.4, -0.2) is 23.2 Å². The molecule has 4 nitrogen and oxygen atoms in total. The van der Waals surface area contributed by atoms with E-state index in [9.17, 15) is 0 Å². The minimum atomic E-state index is 0.646. The maximum absolute atomic E-state index is 5.33. The molecule has 1 aliphatic rings. The van der Waals surface area contributed by atoms with E-state index < -0.39 is 0 Å². The Morgan fingerprint density at radius 1 is 1.32 bits per heavy atom. The van der Waals surface area contributed by atoms with Gasteiger partial charge in [0.2, 0.25) is 5.89 Å². The van der Waals surface area contributed by atoms with Gasteiger partial charge in [-0.2, -0.15) is 4.98 Å². The predicted molar refractivity (Wildman–Crippen MR) is 73.0 cm³/mol. The summed E-state index contributed by atoms with van der Waals surface area (Å²) >= 11 is 0. The van der Waals surface area contributed by atoms with E-state index in [1.807, 2.05) is 0 Å². The molecule has 19 heavy (non-hydrogen) atoms. The Labute approximate surface area is 113 Å². The van der Waals surface area contributed by atoms with Crippen LogP contribution in [0.2, 0.25) is 0 Å². The fourth-order valence-corrected chi connectivity index (χ4v) is 2.47. The summed E-state index contributed by atoms with van der Waals surface area (Å²) in [4.78, 5) is 4.49. The van der Waals surface area contributed by atoms with Crippen LogP contribution < -0.4 is 5.32 Å². The topological polar surface area (TPSA) is 51.0 Å². The molecule has 0 amide bonds. The molecule has 2 heterocycles. The fraction of sp³-hybridized carbons (Fsp3) is 0.467. The van der Waals surface area contributed by atoms with Gasteiger partial charge in [-0.1, -0.05) is 35.0 Å². The first kappa shape index (κ1) is 12.4. The molecule has 1 atom stereocenters. The third-order valence-electron chi connectivity index (χ3n) is 3.62. The lowest BCUT2D eigenvalue weighted by atomic mass is 10.1. The molecular formula is C15H19N3O. The summed E-state index contributed by atoms with van der Waals surface area (Å²) in [6, 6.07) is 8.46. The number of rotatable bonds is 4. The zero-order valence-corrected chi connectivity index (χ0v) is 11.2. The molecule has 0 saturated carbocycles. The first-order valence-electron chi connectivity index (χ1n) is 6.87. The summed E-state index contributed by atoms with van der Waals surface area (Å²) < 4.78 is 5.33. The third-order valence-corrected chi connectivity index (χ3v) is 3.62. The minimum absolute atomic E-state index is 0.646. The van der Waals surface area contributed by atoms with Crippen molar-refractivity contribution in [2.45, 2.75) is 26.2 Å². The van der Waals surface area contributed by atoms with Gasteiger partial charge < -0.3 is 9.84 Å². The molecule has 2 aromatic rings. The molecule has 0 radical (unpaired) electrons. The van der Waals surface area contributed by atoms with E-state index >= 15 is 0 Å². The lowest BCUT2D eigenvalue weighted by Gasteiger charge is -2.01. The normalized spacial score (nSPS) is 18.9. The third kappa shape index (κ3) is 3.20. The number of nitrogens with one attached hydrogen (secondary N) is 1. The summed E-state index contributed by atoms with van der Waals surface area (Å²) in [5, 5.41) is 7.42. The summed E-state index contributed by atoms with van der Waals surface area (Å²) in [5.74, 6) is 2.20. The molecule has 1 aromatic heterocycles. The first-order valence-corrected chi connectivity index (χ1v) is 6.87. The zero-order chi connectivity index (χ0) is 13.1. The van der Waals surface area contributed by atoms with Gasteiger partial charge in [0.1, 0.15) is 0 Å². The maximum Gasteiger partial charge on any atom is 0.226 e. The second-order valence-electron chi connectivity index (χ2n) is 5.33. The van der Waals surface area contributed by atoms with Crippen molar-refractivity contribution in [3.05, 3.63) is 47.1 Å². The minimum Gasteiger partial charge on any atom is -0.339 e. The highest BCUT2D eigenvalue weighted by molar-refractivity contribution is 5.23. The second kappa shape index (κ2) is 5.53. The van der Waals surface area contributed by atoms with Crippen LogP contribution >= 0.6 is 0 Å². The molecule has 1 unspecified atom stereocenters. The Hall–Kier alpha value is -1.68. The van der Waals surface area contributed by atoms with Gasteiger partial charge in [0, 0.05) is 12.8 Å². The number of hydrogen-bond acceptors (Lipinski definition) is 4. The van der Waals surface area contributed by atoms with E-state index in [1.165, 1.54) is 17.5 Å². The van der Waals surface area contributed by atoms with E-state index in [1.54, 1.807) is 0 Å². The van der Waals surface area contributed by atoms with Crippen molar-refractivity contribution in [3.63, 3.8) is 0 Å². The van der Waals surface area contributed by atoms with Gasteiger partial charge in [-0.3, -0.25) is 0 Å². The molecule has 0 spiro atoms. The highest BCUT2D eigenvalue weighted by Gasteiger charge is 2.18. The van der Waals surface area contributed by atoms with E-state index in [4.69, 9.17) is 4.52 Å². The largest absolute Gasteiger partial charge is 0.339 e. The smallest absolute Gasteiger partial charge is 0.226 e. The SMILES string of the molecule is Cc1ccc(Cc2noc(CC3CCNC3)n2)cc1. The van der Waals surface area contributed by atoms with Crippen LogP contribution in [0, 0.1) is 12.8 Å². The highest BCUT2D eigenvalue weighted by atomic mass is 16.5. The number of nitrogens with zero attached hydrogens (tertiary/aromatic N) is 2. The van der Waals surface area contributed by atoms with Crippen molar-refractivity contribution in [1.82, 2.24) is 15.5 Å². The van der Waals surface area contributed by atoms with Gasteiger partial charge in [0.05, 0.1) is 0 Å². The van der Waals surface area contributed by atoms with Gasteiger partial charge in [0.25, 0.3) is 0 Å². The summed E-state index contributed by atoms with van der Waals surface area (Å²) in [6.07, 6.45) is 2.84. The number of benzene rings is 1. The highest BCUT2D eigenvalue weighted by Crippen LogP contribution is 2.15. The summed E-state index contributed by atoms with van der Waals surface area (Å²) in [7, 11) is 0. The van der Waals surface area contributed by atoms with E-state index in [2.05, 4.69) is 46.6 Å². The Morgan fingerprint density at radius 3 is 2.89 bits per heavy atom. The van der Waals surface area contributed by atoms with Crippen LogP contribution in [0.25, 0.3) is 0 Å². The predicted octanol–water partition coefficient (Wildman–Crippen LogP) is 2.12. The van der Waals surface area contributed by atoms with E-state index in [0.717, 1.165) is 37.6 Å². The number of aryl methyl sites for hydroxylation is 1. The quantitative estimate of drug-likeness (QED) is 0.911. The molecule has 1 saturated heterocycles. The van der Waals surface area contributed by atoms with Crippen LogP contribution in [-0.2, 0) is 12.8 Å². The molecular weight excluding hydrogens is 238 g/mol. The first-order chi connectivity index (χ1) is 9.29. The maximum atomic E-state index is 5.33. The zero-order valence-electron chi connectivity index (χ0n) is 11.2. The van der Waals surface area contributed by atoms with E-state index in [-0.39, 0.29) is 0 Å². The Kier molecular flexibility index (Phi) is 3.60. The lowest BCUT2D eigenvalue weighted by molar-refractivity contribution is 0.354. The molecule has 1 N–H and O–H groups in total. The van der Waals surface area contributed by atoms with Crippen molar-refractivity contribution in [2.24, 2.45) is 5.92 Å². The van der Waals surface area contributed by atoms with Crippen molar-refractivity contribution in [2.75, 3.05) is 13.1 Å². The van der Waals surface area contributed by atoms with Crippen molar-refractivity contribution >= 4 is 0 Å². The standard InChI is InChI=1S/C15H19N3O/c1-11-2-4-12(5-3-11)8-14-17-15(19-18-14)9-13-6-7-16-10-13/h2-5,13,16H,6-10H2,1H3. The van der Waals surface area contributed by atoms with E-state index in [0.29, 0.717) is 5.92 Å². The second-order valence-corrected chi connectivity index (χ2v) is 5.33. The van der Waals surface area contributed by atoms with Crippen LogP contribution in [0.5, 0.6) is 0 Å². The molecule has 1 aromatic carbocycles. The Balaban J connectivity index is 1.62. The molecule has 0 bridgehead atoms. The monoisotopic (exact) mass is 257 g/mol. The van der Waals surface area contributed by atoms with Crippen LogP contribution in [0.4, 0.5) is 0 Å². The summed E-state index contributed by atoms with van der Waals surface area (Å²) in [6.45, 7) is 4.26. The van der Waals surface area contributed by atoms with Crippen LogP contribution in [0.1, 0.15) is 29.3 Å².